The van der Waals surface area contributed by atoms with Gasteiger partial charge < -0.3 is 14.5 Å². The quantitative estimate of drug-likeness (QED) is 0.677. The van der Waals surface area contributed by atoms with Crippen LogP contribution in [0.1, 0.15) is 16.1 Å². The molecule has 5 nitrogen and oxygen atoms in total. The monoisotopic (exact) mass is 259 g/mol. The first-order chi connectivity index (χ1) is 9.13. The van der Waals surface area contributed by atoms with E-state index >= 15 is 0 Å². The van der Waals surface area contributed by atoms with Gasteiger partial charge in [-0.15, -0.1) is 0 Å². The van der Waals surface area contributed by atoms with Crippen LogP contribution in [-0.4, -0.2) is 31.1 Å². The van der Waals surface area contributed by atoms with Crippen LogP contribution >= 0.6 is 0 Å². The Hall–Kier alpha value is -2.56. The van der Waals surface area contributed by atoms with Crippen LogP contribution in [-0.2, 0) is 14.3 Å². The summed E-state index contributed by atoms with van der Waals surface area (Å²) < 4.78 is 9.16. The minimum atomic E-state index is -0.415. The van der Waals surface area contributed by atoms with Crippen molar-refractivity contribution in [1.82, 2.24) is 4.98 Å². The van der Waals surface area contributed by atoms with Crippen molar-refractivity contribution in [3.05, 3.63) is 41.6 Å². The predicted molar refractivity (Wildman–Crippen MR) is 70.7 cm³/mol. The Bertz CT molecular complexity index is 655. The van der Waals surface area contributed by atoms with E-state index in [0.29, 0.717) is 5.69 Å². The lowest BCUT2D eigenvalue weighted by Gasteiger charge is -1.95. The number of aromatic amines is 1. The van der Waals surface area contributed by atoms with E-state index in [0.717, 1.165) is 16.5 Å². The smallest absolute Gasteiger partial charge is 0.354 e. The average Bonchev–Trinajstić information content (AvgIpc) is 2.86. The zero-order valence-electron chi connectivity index (χ0n) is 10.6. The number of benzene rings is 1. The molecule has 5 heteroatoms. The molecule has 1 aromatic heterocycles. The van der Waals surface area contributed by atoms with Gasteiger partial charge in [0.2, 0.25) is 0 Å². The van der Waals surface area contributed by atoms with Crippen molar-refractivity contribution >= 4 is 28.9 Å². The molecular formula is C14H13NO4. The highest BCUT2D eigenvalue weighted by Gasteiger charge is 2.09. The lowest BCUT2D eigenvalue weighted by molar-refractivity contribution is -0.134. The molecule has 1 N–H and O–H groups in total. The number of aromatic nitrogens is 1. The van der Waals surface area contributed by atoms with Gasteiger partial charge in [0.25, 0.3) is 0 Å². The molecule has 0 saturated carbocycles. The third-order valence-electron chi connectivity index (χ3n) is 2.66. The van der Waals surface area contributed by atoms with Crippen molar-refractivity contribution in [1.29, 1.82) is 0 Å². The Morgan fingerprint density at radius 3 is 2.63 bits per heavy atom. The lowest BCUT2D eigenvalue weighted by atomic mass is 10.1. The van der Waals surface area contributed by atoms with E-state index in [2.05, 4.69) is 14.5 Å². The summed E-state index contributed by atoms with van der Waals surface area (Å²) in [5.74, 6) is -0.829. The number of esters is 2. The minimum Gasteiger partial charge on any atom is -0.466 e. The molecule has 1 heterocycles. The highest BCUT2D eigenvalue weighted by atomic mass is 16.5. The summed E-state index contributed by atoms with van der Waals surface area (Å²) in [5.41, 5.74) is 2.02. The number of hydrogen-bond acceptors (Lipinski definition) is 4. The number of carbonyl (C=O) groups excluding carboxylic acids is 2. The normalized spacial score (nSPS) is 10.8. The van der Waals surface area contributed by atoms with Gasteiger partial charge in [-0.3, -0.25) is 0 Å². The second kappa shape index (κ2) is 5.39. The van der Waals surface area contributed by atoms with Crippen molar-refractivity contribution in [3.8, 4) is 0 Å². The molecule has 0 aliphatic carbocycles. The molecule has 98 valence electrons. The van der Waals surface area contributed by atoms with Crippen LogP contribution in [0.4, 0.5) is 0 Å². The number of hydrogen-bond donors (Lipinski definition) is 1. The van der Waals surface area contributed by atoms with Gasteiger partial charge in [0.15, 0.2) is 0 Å². The van der Waals surface area contributed by atoms with E-state index in [-0.39, 0.29) is 0 Å². The van der Waals surface area contributed by atoms with Gasteiger partial charge in [0.1, 0.15) is 5.69 Å². The predicted octanol–water partition coefficient (Wildman–Crippen LogP) is 2.14. The maximum Gasteiger partial charge on any atom is 0.354 e. The summed E-state index contributed by atoms with van der Waals surface area (Å²) in [6, 6.07) is 7.25. The van der Waals surface area contributed by atoms with E-state index in [4.69, 9.17) is 0 Å². The number of nitrogens with one attached hydrogen (secondary N) is 1. The van der Waals surface area contributed by atoms with Crippen LogP contribution in [0.3, 0.4) is 0 Å². The van der Waals surface area contributed by atoms with Crippen LogP contribution < -0.4 is 0 Å². The molecule has 0 aliphatic heterocycles. The molecule has 2 rings (SSSR count). The molecule has 2 aromatic rings. The summed E-state index contributed by atoms with van der Waals surface area (Å²) >= 11 is 0. The Kier molecular flexibility index (Phi) is 3.66. The van der Waals surface area contributed by atoms with Crippen molar-refractivity contribution in [2.24, 2.45) is 0 Å². The molecule has 0 radical (unpaired) electrons. The van der Waals surface area contributed by atoms with E-state index < -0.39 is 11.9 Å². The van der Waals surface area contributed by atoms with Crippen molar-refractivity contribution in [2.45, 2.75) is 0 Å². The summed E-state index contributed by atoms with van der Waals surface area (Å²) in [7, 11) is 2.65. The van der Waals surface area contributed by atoms with Crippen molar-refractivity contribution in [2.75, 3.05) is 14.2 Å². The van der Waals surface area contributed by atoms with Crippen LogP contribution in [0.2, 0.25) is 0 Å². The molecule has 0 unspecified atom stereocenters. The van der Waals surface area contributed by atoms with E-state index in [1.54, 1.807) is 12.1 Å². The van der Waals surface area contributed by atoms with Gasteiger partial charge >= 0.3 is 11.9 Å². The Labute approximate surface area is 109 Å². The first-order valence-corrected chi connectivity index (χ1v) is 5.61. The average molecular weight is 259 g/mol. The van der Waals surface area contributed by atoms with E-state index in [1.165, 1.54) is 20.3 Å². The zero-order chi connectivity index (χ0) is 13.8. The Morgan fingerprint density at radius 1 is 1.16 bits per heavy atom. The van der Waals surface area contributed by atoms with E-state index in [9.17, 15) is 9.59 Å². The van der Waals surface area contributed by atoms with Crippen molar-refractivity contribution < 1.29 is 19.1 Å². The van der Waals surface area contributed by atoms with Crippen LogP contribution in [0.25, 0.3) is 17.0 Å². The summed E-state index contributed by atoms with van der Waals surface area (Å²) in [5, 5.41) is 0.899. The summed E-state index contributed by atoms with van der Waals surface area (Å²) in [6.07, 6.45) is 2.98. The number of fused-ring (bicyclic) bond motifs is 1. The first kappa shape index (κ1) is 12.9. The van der Waals surface area contributed by atoms with Gasteiger partial charge in [0, 0.05) is 17.0 Å². The highest BCUT2D eigenvalue weighted by Crippen LogP contribution is 2.18. The van der Waals surface area contributed by atoms with Crippen LogP contribution in [0.5, 0.6) is 0 Å². The summed E-state index contributed by atoms with van der Waals surface area (Å²) in [4.78, 5) is 25.4. The molecule has 0 aliphatic rings. The fourth-order valence-electron chi connectivity index (χ4n) is 1.70. The van der Waals surface area contributed by atoms with Crippen LogP contribution in [0.15, 0.2) is 30.3 Å². The number of H-pyrrole nitrogens is 1. The maximum atomic E-state index is 11.4. The number of ether oxygens (including phenoxy) is 2. The topological polar surface area (TPSA) is 68.4 Å². The fraction of sp³-hybridized carbons (Fsp3) is 0.143. The molecule has 19 heavy (non-hydrogen) atoms. The third-order valence-corrected chi connectivity index (χ3v) is 2.66. The Morgan fingerprint density at radius 2 is 1.95 bits per heavy atom. The highest BCUT2D eigenvalue weighted by molar-refractivity contribution is 5.95. The molecule has 0 fully saturated rings. The molecule has 0 saturated heterocycles. The molecular weight excluding hydrogens is 246 g/mol. The first-order valence-electron chi connectivity index (χ1n) is 5.61. The second-order valence-corrected chi connectivity index (χ2v) is 3.88. The minimum absolute atomic E-state index is 0.395. The van der Waals surface area contributed by atoms with Gasteiger partial charge in [-0.25, -0.2) is 9.59 Å². The fourth-order valence-corrected chi connectivity index (χ4v) is 1.70. The molecule has 0 amide bonds. The molecule has 0 bridgehead atoms. The standard InChI is InChI=1S/C14H13NO4/c1-18-13(16)6-4-9-3-5-10-8-12(14(17)19-2)15-11(10)7-9/h3-8,15H,1-2H3. The molecule has 0 atom stereocenters. The SMILES string of the molecule is COC(=O)C=Cc1ccc2cc(C(=O)OC)[nH]c2c1. The van der Waals surface area contributed by atoms with Gasteiger partial charge in [-0.05, 0) is 23.8 Å². The van der Waals surface area contributed by atoms with Gasteiger partial charge in [0.05, 0.1) is 14.2 Å². The zero-order valence-corrected chi connectivity index (χ0v) is 10.6. The Balaban J connectivity index is 2.32. The van der Waals surface area contributed by atoms with Crippen LogP contribution in [0, 0.1) is 0 Å². The number of methoxy groups -OCH3 is 2. The summed E-state index contributed by atoms with van der Waals surface area (Å²) in [6.45, 7) is 0. The van der Waals surface area contributed by atoms with Gasteiger partial charge in [-0.1, -0.05) is 12.1 Å². The van der Waals surface area contributed by atoms with Crippen molar-refractivity contribution in [3.63, 3.8) is 0 Å². The largest absolute Gasteiger partial charge is 0.466 e. The lowest BCUT2D eigenvalue weighted by Crippen LogP contribution is -2.00. The van der Waals surface area contributed by atoms with E-state index in [1.807, 2.05) is 18.2 Å². The molecule has 0 spiro atoms. The van der Waals surface area contributed by atoms with Gasteiger partial charge in [-0.2, -0.15) is 0 Å². The second-order valence-electron chi connectivity index (χ2n) is 3.88. The maximum absolute atomic E-state index is 11.4. The number of rotatable bonds is 3. The number of carbonyl (C=O) groups is 2. The third kappa shape index (κ3) is 2.82. The molecule has 1 aromatic carbocycles.